The first kappa shape index (κ1) is 25.2. The van der Waals surface area contributed by atoms with E-state index in [1.807, 2.05) is 0 Å². The summed E-state index contributed by atoms with van der Waals surface area (Å²) in [5, 5.41) is 10.2. The van der Waals surface area contributed by atoms with E-state index in [1.165, 1.54) is 25.1 Å². The molecule has 0 aliphatic heterocycles. The molecule has 188 valence electrons. The van der Waals surface area contributed by atoms with Gasteiger partial charge in [0.2, 0.25) is 0 Å². The van der Waals surface area contributed by atoms with Gasteiger partial charge >= 0.3 is 12.3 Å². The second-order valence-corrected chi connectivity index (χ2v) is 8.47. The molecular formula is C26H21ClF3NO5. The SMILES string of the molecule is Cc1c(Oc2ccc(Cl)cc2)c2ccc(OC(F)(F)F)cc2n1Cc1cccc(O[C@@H](C)C(=O)O)c1. The van der Waals surface area contributed by atoms with Crippen LogP contribution in [0.1, 0.15) is 18.2 Å². The zero-order valence-electron chi connectivity index (χ0n) is 19.2. The highest BCUT2D eigenvalue weighted by Crippen LogP contribution is 2.39. The number of fused-ring (bicyclic) bond motifs is 1. The van der Waals surface area contributed by atoms with Gasteiger partial charge in [-0.05, 0) is 67.9 Å². The summed E-state index contributed by atoms with van der Waals surface area (Å²) in [5.74, 6) is -0.128. The van der Waals surface area contributed by atoms with Crippen molar-refractivity contribution >= 4 is 28.5 Å². The number of rotatable bonds is 8. The summed E-state index contributed by atoms with van der Waals surface area (Å²) in [6.45, 7) is 3.46. The predicted octanol–water partition coefficient (Wildman–Crippen LogP) is 7.19. The topological polar surface area (TPSA) is 69.9 Å². The Labute approximate surface area is 209 Å². The summed E-state index contributed by atoms with van der Waals surface area (Å²) in [7, 11) is 0. The highest BCUT2D eigenvalue weighted by molar-refractivity contribution is 6.30. The van der Waals surface area contributed by atoms with E-state index in [9.17, 15) is 18.0 Å². The standard InChI is InChI=1S/C26H21ClF3NO5/c1-15-24(35-19-8-6-18(27)7-9-19)22-11-10-21(36-26(28,29)30)13-23(22)31(15)14-17-4-3-5-20(12-17)34-16(2)25(32)33/h3-13,16H,14H2,1-2H3,(H,32,33)/t16-/m0/s1. The van der Waals surface area contributed by atoms with Crippen LogP contribution in [0.25, 0.3) is 10.9 Å². The Kier molecular flexibility index (Phi) is 7.03. The summed E-state index contributed by atoms with van der Waals surface area (Å²) in [6, 6.07) is 17.6. The van der Waals surface area contributed by atoms with Gasteiger partial charge in [-0.2, -0.15) is 0 Å². The molecule has 3 aromatic carbocycles. The first-order chi connectivity index (χ1) is 17.0. The van der Waals surface area contributed by atoms with Crippen LogP contribution in [0.3, 0.4) is 0 Å². The predicted molar refractivity (Wildman–Crippen MR) is 128 cm³/mol. The number of alkyl halides is 3. The fraction of sp³-hybridized carbons (Fsp3) is 0.192. The van der Waals surface area contributed by atoms with Crippen LogP contribution < -0.4 is 14.2 Å². The molecule has 0 aliphatic rings. The van der Waals surface area contributed by atoms with Crippen molar-refractivity contribution in [3.8, 4) is 23.0 Å². The molecule has 0 saturated heterocycles. The number of carbonyl (C=O) groups is 1. The van der Waals surface area contributed by atoms with Crippen LogP contribution in [0.2, 0.25) is 5.02 Å². The molecule has 0 spiro atoms. The molecule has 0 fully saturated rings. The van der Waals surface area contributed by atoms with Crippen LogP contribution in [-0.4, -0.2) is 28.1 Å². The Hall–Kier alpha value is -3.85. The van der Waals surface area contributed by atoms with Crippen molar-refractivity contribution in [3.63, 3.8) is 0 Å². The van der Waals surface area contributed by atoms with Crippen molar-refractivity contribution in [1.29, 1.82) is 0 Å². The number of benzene rings is 3. The van der Waals surface area contributed by atoms with Crippen LogP contribution in [-0.2, 0) is 11.3 Å². The maximum Gasteiger partial charge on any atom is 0.573 e. The number of hydrogen-bond acceptors (Lipinski definition) is 4. The van der Waals surface area contributed by atoms with E-state index in [0.29, 0.717) is 38.9 Å². The van der Waals surface area contributed by atoms with Gasteiger partial charge in [0.25, 0.3) is 0 Å². The van der Waals surface area contributed by atoms with Gasteiger partial charge in [-0.3, -0.25) is 0 Å². The number of carboxylic acids is 1. The Bertz CT molecular complexity index is 1400. The highest BCUT2D eigenvalue weighted by Gasteiger charge is 2.31. The first-order valence-electron chi connectivity index (χ1n) is 10.8. The fourth-order valence-electron chi connectivity index (χ4n) is 3.73. The van der Waals surface area contributed by atoms with E-state index in [0.717, 1.165) is 5.56 Å². The Morgan fingerprint density at radius 3 is 2.39 bits per heavy atom. The van der Waals surface area contributed by atoms with Gasteiger partial charge in [-0.1, -0.05) is 23.7 Å². The minimum absolute atomic E-state index is 0.250. The molecule has 10 heteroatoms. The van der Waals surface area contributed by atoms with E-state index in [-0.39, 0.29) is 12.3 Å². The van der Waals surface area contributed by atoms with Crippen LogP contribution in [0.5, 0.6) is 23.0 Å². The zero-order chi connectivity index (χ0) is 26.0. The molecule has 4 rings (SSSR count). The van der Waals surface area contributed by atoms with Crippen LogP contribution in [0.4, 0.5) is 13.2 Å². The largest absolute Gasteiger partial charge is 0.573 e. The average molecular weight is 520 g/mol. The number of aliphatic carboxylic acids is 1. The second-order valence-electron chi connectivity index (χ2n) is 8.03. The Balaban J connectivity index is 1.76. The van der Waals surface area contributed by atoms with Crippen molar-refractivity contribution in [2.75, 3.05) is 0 Å². The van der Waals surface area contributed by atoms with Gasteiger partial charge in [-0.15, -0.1) is 13.2 Å². The highest BCUT2D eigenvalue weighted by atomic mass is 35.5. The molecule has 36 heavy (non-hydrogen) atoms. The van der Waals surface area contributed by atoms with Crippen LogP contribution in [0.15, 0.2) is 66.7 Å². The summed E-state index contributed by atoms with van der Waals surface area (Å²) in [6.07, 6.45) is -5.88. The van der Waals surface area contributed by atoms with Crippen LogP contribution in [0, 0.1) is 6.92 Å². The summed E-state index contributed by atoms with van der Waals surface area (Å²) < 4.78 is 56.1. The molecule has 0 aliphatic carbocycles. The van der Waals surface area contributed by atoms with Gasteiger partial charge in [0.15, 0.2) is 11.9 Å². The summed E-state index contributed by atoms with van der Waals surface area (Å²) in [4.78, 5) is 11.1. The third kappa shape index (κ3) is 5.85. The molecule has 1 heterocycles. The lowest BCUT2D eigenvalue weighted by Crippen LogP contribution is -2.22. The van der Waals surface area contributed by atoms with Gasteiger partial charge < -0.3 is 23.9 Å². The Morgan fingerprint density at radius 2 is 1.72 bits per heavy atom. The van der Waals surface area contributed by atoms with Crippen molar-refractivity contribution in [1.82, 2.24) is 4.57 Å². The van der Waals surface area contributed by atoms with Gasteiger partial charge in [0.05, 0.1) is 11.2 Å². The average Bonchev–Trinajstić information content (AvgIpc) is 3.05. The zero-order valence-corrected chi connectivity index (χ0v) is 19.9. The fourth-order valence-corrected chi connectivity index (χ4v) is 3.86. The molecule has 0 bridgehead atoms. The maximum atomic E-state index is 12.9. The monoisotopic (exact) mass is 519 g/mol. The molecule has 0 amide bonds. The number of nitrogens with zero attached hydrogens (tertiary/aromatic N) is 1. The molecule has 0 unspecified atom stereocenters. The quantitative estimate of drug-likeness (QED) is 0.267. The lowest BCUT2D eigenvalue weighted by molar-refractivity contribution is -0.274. The van der Waals surface area contributed by atoms with Crippen LogP contribution >= 0.6 is 11.6 Å². The normalized spacial score (nSPS) is 12.4. The first-order valence-corrected chi connectivity index (χ1v) is 11.2. The number of hydrogen-bond donors (Lipinski definition) is 1. The third-order valence-corrected chi connectivity index (χ3v) is 5.66. The number of ether oxygens (including phenoxy) is 3. The van der Waals surface area contributed by atoms with E-state index >= 15 is 0 Å². The lowest BCUT2D eigenvalue weighted by atomic mass is 10.2. The molecule has 6 nitrogen and oxygen atoms in total. The van der Waals surface area contributed by atoms with Gasteiger partial charge in [0.1, 0.15) is 17.2 Å². The molecule has 1 N–H and O–H groups in total. The van der Waals surface area contributed by atoms with E-state index in [2.05, 4.69) is 4.74 Å². The maximum absolute atomic E-state index is 12.9. The van der Waals surface area contributed by atoms with Crippen molar-refractivity contribution < 1.29 is 37.3 Å². The number of aromatic nitrogens is 1. The summed E-state index contributed by atoms with van der Waals surface area (Å²) in [5.41, 5.74) is 1.86. The number of carboxylic acid groups (broad SMARTS) is 1. The van der Waals surface area contributed by atoms with E-state index < -0.39 is 18.4 Å². The smallest absolute Gasteiger partial charge is 0.479 e. The Morgan fingerprint density at radius 1 is 1.03 bits per heavy atom. The van der Waals surface area contributed by atoms with E-state index in [1.54, 1.807) is 60.0 Å². The minimum Gasteiger partial charge on any atom is -0.479 e. The third-order valence-electron chi connectivity index (χ3n) is 5.40. The molecule has 4 aromatic rings. The second kappa shape index (κ2) is 10.0. The molecule has 1 atom stereocenters. The molecule has 1 aromatic heterocycles. The van der Waals surface area contributed by atoms with E-state index in [4.69, 9.17) is 26.2 Å². The minimum atomic E-state index is -4.84. The van der Waals surface area contributed by atoms with Crippen molar-refractivity contribution in [2.45, 2.75) is 32.9 Å². The molecule has 0 saturated carbocycles. The lowest BCUT2D eigenvalue weighted by Gasteiger charge is -2.14. The van der Waals surface area contributed by atoms with Gasteiger partial charge in [0, 0.05) is 23.0 Å². The number of halogens is 4. The molecular weight excluding hydrogens is 499 g/mol. The van der Waals surface area contributed by atoms with Gasteiger partial charge in [-0.25, -0.2) is 4.79 Å². The summed E-state index contributed by atoms with van der Waals surface area (Å²) >= 11 is 5.96. The molecule has 0 radical (unpaired) electrons. The van der Waals surface area contributed by atoms with Crippen molar-refractivity contribution in [2.24, 2.45) is 0 Å². The van der Waals surface area contributed by atoms with Crippen molar-refractivity contribution in [3.05, 3.63) is 83.0 Å².